The molecule has 0 heterocycles. The molecule has 0 aliphatic rings. The van der Waals surface area contributed by atoms with Crippen molar-refractivity contribution in [1.82, 2.24) is 10.2 Å². The maximum absolute atomic E-state index is 11.9. The van der Waals surface area contributed by atoms with Gasteiger partial charge in [-0.05, 0) is 19.2 Å². The minimum Gasteiger partial charge on any atom is -0.358 e. The molecule has 1 N–H and O–H groups in total. The number of nitriles is 1. The number of benzene rings is 1. The summed E-state index contributed by atoms with van der Waals surface area (Å²) in [7, 11) is 3.26. The summed E-state index contributed by atoms with van der Waals surface area (Å²) in [6, 6.07) is 8.44. The van der Waals surface area contributed by atoms with Crippen LogP contribution in [0.5, 0.6) is 0 Å². The largest absolute Gasteiger partial charge is 0.358 e. The first kappa shape index (κ1) is 13.9. The predicted molar refractivity (Wildman–Crippen MR) is 67.1 cm³/mol. The molecule has 0 aromatic heterocycles. The Morgan fingerprint density at radius 3 is 2.39 bits per heavy atom. The van der Waals surface area contributed by atoms with Gasteiger partial charge in [0.2, 0.25) is 5.91 Å². The maximum Gasteiger partial charge on any atom is 0.233 e. The summed E-state index contributed by atoms with van der Waals surface area (Å²) in [4.78, 5) is 24.6. The van der Waals surface area contributed by atoms with Crippen LogP contribution in [0.1, 0.15) is 15.9 Å². The maximum atomic E-state index is 11.9. The highest BCUT2D eigenvalue weighted by Gasteiger charge is 2.11. The van der Waals surface area contributed by atoms with Gasteiger partial charge in [-0.3, -0.25) is 14.5 Å². The van der Waals surface area contributed by atoms with E-state index in [9.17, 15) is 9.59 Å². The molecule has 0 aliphatic heterocycles. The van der Waals surface area contributed by atoms with E-state index in [2.05, 4.69) is 5.32 Å². The molecule has 0 saturated carbocycles. The molecule has 1 amide bonds. The number of rotatable bonds is 5. The van der Waals surface area contributed by atoms with Crippen molar-refractivity contribution in [2.45, 2.75) is 0 Å². The van der Waals surface area contributed by atoms with Gasteiger partial charge in [-0.15, -0.1) is 0 Å². The number of carbonyl (C=O) groups is 2. The fourth-order valence-corrected chi connectivity index (χ4v) is 1.45. The van der Waals surface area contributed by atoms with Gasteiger partial charge in [0.15, 0.2) is 5.78 Å². The van der Waals surface area contributed by atoms with Crippen LogP contribution < -0.4 is 5.32 Å². The van der Waals surface area contributed by atoms with E-state index in [-0.39, 0.29) is 24.8 Å². The molecular formula is C13H15N3O2. The van der Waals surface area contributed by atoms with Crippen molar-refractivity contribution >= 4 is 11.7 Å². The molecule has 0 bridgehead atoms. The first-order valence-electron chi connectivity index (χ1n) is 5.49. The zero-order valence-corrected chi connectivity index (χ0v) is 10.4. The minimum atomic E-state index is -0.134. The van der Waals surface area contributed by atoms with Gasteiger partial charge in [-0.1, -0.05) is 12.1 Å². The minimum absolute atomic E-state index is 0.0779. The van der Waals surface area contributed by atoms with Crippen molar-refractivity contribution in [2.75, 3.05) is 27.2 Å². The van der Waals surface area contributed by atoms with Crippen LogP contribution in [0.4, 0.5) is 0 Å². The summed E-state index contributed by atoms with van der Waals surface area (Å²) in [6.07, 6.45) is 0. The summed E-state index contributed by atoms with van der Waals surface area (Å²) < 4.78 is 0. The lowest BCUT2D eigenvalue weighted by molar-refractivity contribution is -0.121. The third-order valence-electron chi connectivity index (χ3n) is 2.44. The van der Waals surface area contributed by atoms with E-state index in [1.54, 1.807) is 43.3 Å². The number of hydrogen-bond donors (Lipinski definition) is 1. The van der Waals surface area contributed by atoms with E-state index in [4.69, 9.17) is 5.26 Å². The zero-order valence-electron chi connectivity index (χ0n) is 10.4. The topological polar surface area (TPSA) is 73.2 Å². The Bertz CT molecular complexity index is 474. The van der Waals surface area contributed by atoms with E-state index >= 15 is 0 Å². The molecule has 1 aromatic carbocycles. The number of carbonyl (C=O) groups excluding carboxylic acids is 2. The van der Waals surface area contributed by atoms with Gasteiger partial charge in [0, 0.05) is 12.6 Å². The first-order chi connectivity index (χ1) is 8.56. The fraction of sp³-hybridized carbons (Fsp3) is 0.308. The lowest BCUT2D eigenvalue weighted by Crippen LogP contribution is -2.36. The Hall–Kier alpha value is -2.19. The second kappa shape index (κ2) is 6.52. The standard InChI is InChI=1S/C13H15N3O2/c1-15-13(18)9-16(2)8-12(17)11-5-3-10(7-14)4-6-11/h3-6H,8-9H2,1-2H3,(H,15,18). The van der Waals surface area contributed by atoms with Gasteiger partial charge < -0.3 is 5.32 Å². The summed E-state index contributed by atoms with van der Waals surface area (Å²) in [5, 5.41) is 11.1. The number of hydrogen-bond acceptors (Lipinski definition) is 4. The SMILES string of the molecule is CNC(=O)CN(C)CC(=O)c1ccc(C#N)cc1. The molecule has 94 valence electrons. The van der Waals surface area contributed by atoms with Crippen LogP contribution >= 0.6 is 0 Å². The van der Waals surface area contributed by atoms with E-state index in [1.807, 2.05) is 6.07 Å². The Kier molecular flexibility index (Phi) is 5.03. The van der Waals surface area contributed by atoms with Gasteiger partial charge in [0.1, 0.15) is 0 Å². The van der Waals surface area contributed by atoms with Gasteiger partial charge in [-0.25, -0.2) is 0 Å². The fourth-order valence-electron chi connectivity index (χ4n) is 1.45. The Balaban J connectivity index is 2.59. The molecule has 1 aromatic rings. The summed E-state index contributed by atoms with van der Waals surface area (Å²) in [5.41, 5.74) is 1.06. The molecule has 0 aliphatic carbocycles. The highest BCUT2D eigenvalue weighted by atomic mass is 16.2. The van der Waals surface area contributed by atoms with Gasteiger partial charge in [-0.2, -0.15) is 5.26 Å². The van der Waals surface area contributed by atoms with Crippen molar-refractivity contribution in [3.8, 4) is 6.07 Å². The third-order valence-corrected chi connectivity index (χ3v) is 2.44. The monoisotopic (exact) mass is 245 g/mol. The number of ketones is 1. The molecule has 1 rings (SSSR count). The van der Waals surface area contributed by atoms with Crippen LogP contribution in [0.2, 0.25) is 0 Å². The van der Waals surface area contributed by atoms with Gasteiger partial charge in [0.05, 0.1) is 24.7 Å². The van der Waals surface area contributed by atoms with Crippen LogP contribution in [0.25, 0.3) is 0 Å². The second-order valence-corrected chi connectivity index (χ2v) is 3.96. The number of Topliss-reactive ketones (excluding diaryl/α,β-unsaturated/α-hetero) is 1. The average molecular weight is 245 g/mol. The Morgan fingerprint density at radius 2 is 1.89 bits per heavy atom. The summed E-state index contributed by atoms with van der Waals surface area (Å²) in [6.45, 7) is 0.345. The lowest BCUT2D eigenvalue weighted by Gasteiger charge is -2.14. The van der Waals surface area contributed by atoms with Crippen LogP contribution in [-0.2, 0) is 4.79 Å². The molecule has 5 nitrogen and oxygen atoms in total. The van der Waals surface area contributed by atoms with Crippen LogP contribution in [0.15, 0.2) is 24.3 Å². The summed E-state index contributed by atoms with van der Waals surface area (Å²) >= 11 is 0. The van der Waals surface area contributed by atoms with Gasteiger partial charge >= 0.3 is 0 Å². The molecule has 0 spiro atoms. The number of nitrogens with one attached hydrogen (secondary N) is 1. The lowest BCUT2D eigenvalue weighted by atomic mass is 10.1. The molecule has 0 fully saturated rings. The molecule has 0 saturated heterocycles. The van der Waals surface area contributed by atoms with E-state index in [0.29, 0.717) is 11.1 Å². The quantitative estimate of drug-likeness (QED) is 0.763. The normalized spacial score (nSPS) is 9.89. The zero-order chi connectivity index (χ0) is 13.5. The van der Waals surface area contributed by atoms with Crippen molar-refractivity contribution in [1.29, 1.82) is 5.26 Å². The smallest absolute Gasteiger partial charge is 0.233 e. The number of nitrogens with zero attached hydrogens (tertiary/aromatic N) is 2. The van der Waals surface area contributed by atoms with E-state index in [1.165, 1.54) is 0 Å². The van der Waals surface area contributed by atoms with Crippen molar-refractivity contribution in [3.63, 3.8) is 0 Å². The third kappa shape index (κ3) is 4.00. The number of amides is 1. The summed E-state index contributed by atoms with van der Waals surface area (Å²) in [5.74, 6) is -0.212. The van der Waals surface area contributed by atoms with Crippen LogP contribution in [0, 0.1) is 11.3 Å². The van der Waals surface area contributed by atoms with Crippen molar-refractivity contribution in [3.05, 3.63) is 35.4 Å². The molecule has 0 atom stereocenters. The second-order valence-electron chi connectivity index (χ2n) is 3.96. The van der Waals surface area contributed by atoms with E-state index < -0.39 is 0 Å². The highest BCUT2D eigenvalue weighted by Crippen LogP contribution is 2.04. The predicted octanol–water partition coefficient (Wildman–Crippen LogP) is 0.419. The molecule has 5 heteroatoms. The molecular weight excluding hydrogens is 230 g/mol. The highest BCUT2D eigenvalue weighted by molar-refractivity contribution is 5.97. The molecule has 18 heavy (non-hydrogen) atoms. The van der Waals surface area contributed by atoms with Crippen LogP contribution in [-0.4, -0.2) is 43.8 Å². The Morgan fingerprint density at radius 1 is 1.28 bits per heavy atom. The van der Waals surface area contributed by atoms with E-state index in [0.717, 1.165) is 0 Å². The molecule has 0 radical (unpaired) electrons. The van der Waals surface area contributed by atoms with Crippen LogP contribution in [0.3, 0.4) is 0 Å². The first-order valence-corrected chi connectivity index (χ1v) is 5.49. The Labute approximate surface area is 106 Å². The van der Waals surface area contributed by atoms with Crippen molar-refractivity contribution < 1.29 is 9.59 Å². The molecule has 0 unspecified atom stereocenters. The van der Waals surface area contributed by atoms with Gasteiger partial charge in [0.25, 0.3) is 0 Å². The number of likely N-dealkylation sites (N-methyl/N-ethyl adjacent to an activating group) is 2. The average Bonchev–Trinajstić information content (AvgIpc) is 2.38. The van der Waals surface area contributed by atoms with Crippen molar-refractivity contribution in [2.24, 2.45) is 0 Å².